The smallest absolute Gasteiger partial charge is 0.217 e. The van der Waals surface area contributed by atoms with Gasteiger partial charge < -0.3 is 10.5 Å². The van der Waals surface area contributed by atoms with Gasteiger partial charge in [0.2, 0.25) is 5.88 Å². The van der Waals surface area contributed by atoms with Crippen LogP contribution < -0.4 is 10.5 Å². The number of rotatable bonds is 0. The highest BCUT2D eigenvalue weighted by Crippen LogP contribution is 2.46. The molecule has 0 amide bonds. The molecule has 2 bridgehead atoms. The van der Waals surface area contributed by atoms with Crippen molar-refractivity contribution in [2.45, 2.75) is 24.9 Å². The second kappa shape index (κ2) is 3.13. The predicted molar refractivity (Wildman–Crippen MR) is 64.9 cm³/mol. The monoisotopic (exact) mass is 231 g/mol. The van der Waals surface area contributed by atoms with E-state index in [4.69, 9.17) is 10.5 Å². The quantitative estimate of drug-likeness (QED) is 0.725. The van der Waals surface area contributed by atoms with E-state index in [1.54, 1.807) is 6.20 Å². The largest absolute Gasteiger partial charge is 0.469 e. The zero-order valence-electron chi connectivity index (χ0n) is 9.85. The van der Waals surface area contributed by atoms with Gasteiger partial charge in [0.1, 0.15) is 5.60 Å². The zero-order chi connectivity index (χ0) is 11.5. The van der Waals surface area contributed by atoms with Crippen LogP contribution in [0.1, 0.15) is 18.4 Å². The van der Waals surface area contributed by atoms with Gasteiger partial charge in [-0.05, 0) is 32.0 Å². The molecule has 5 rings (SSSR count). The third kappa shape index (κ3) is 1.30. The number of hydrogen-bond acceptors (Lipinski definition) is 4. The van der Waals surface area contributed by atoms with Crippen LogP contribution in [0.15, 0.2) is 12.3 Å². The number of nitrogens with two attached hydrogens (primary N) is 1. The summed E-state index contributed by atoms with van der Waals surface area (Å²) in [7, 11) is 0. The van der Waals surface area contributed by atoms with Gasteiger partial charge in [0, 0.05) is 24.4 Å². The highest BCUT2D eigenvalue weighted by Gasteiger charge is 2.52. The second-order valence-electron chi connectivity index (χ2n) is 5.63. The van der Waals surface area contributed by atoms with E-state index in [2.05, 4.69) is 9.88 Å². The van der Waals surface area contributed by atoms with Gasteiger partial charge in [-0.1, -0.05) is 0 Å². The first-order valence-corrected chi connectivity index (χ1v) is 6.41. The summed E-state index contributed by atoms with van der Waals surface area (Å²) in [6, 6.07) is 2.02. The molecule has 0 aromatic carbocycles. The van der Waals surface area contributed by atoms with E-state index in [1.165, 1.54) is 31.5 Å². The molecule has 0 saturated carbocycles. The Labute approximate surface area is 101 Å². The third-order valence-corrected chi connectivity index (χ3v) is 4.56. The summed E-state index contributed by atoms with van der Waals surface area (Å²) in [5.41, 5.74) is 7.73. The van der Waals surface area contributed by atoms with Crippen LogP contribution in [0.3, 0.4) is 0 Å². The van der Waals surface area contributed by atoms with Gasteiger partial charge in [0.15, 0.2) is 0 Å². The molecule has 4 nitrogen and oxygen atoms in total. The molecule has 3 fully saturated rings. The Bertz CT molecular complexity index is 468. The average molecular weight is 231 g/mol. The summed E-state index contributed by atoms with van der Waals surface area (Å²) in [5.74, 6) is 1.51. The van der Waals surface area contributed by atoms with Gasteiger partial charge in [0.25, 0.3) is 0 Å². The zero-order valence-corrected chi connectivity index (χ0v) is 9.85. The van der Waals surface area contributed by atoms with Gasteiger partial charge >= 0.3 is 0 Å². The number of aromatic nitrogens is 1. The summed E-state index contributed by atoms with van der Waals surface area (Å²) in [6.45, 7) is 3.54. The summed E-state index contributed by atoms with van der Waals surface area (Å²) in [5, 5.41) is 0. The summed E-state index contributed by atoms with van der Waals surface area (Å²) in [6.07, 6.45) is 5.22. The molecule has 4 aliphatic rings. The number of hydrogen-bond donors (Lipinski definition) is 1. The van der Waals surface area contributed by atoms with Gasteiger partial charge in [-0.25, -0.2) is 4.98 Å². The number of piperidine rings is 3. The molecular weight excluding hydrogens is 214 g/mol. The Morgan fingerprint density at radius 1 is 1.41 bits per heavy atom. The Morgan fingerprint density at radius 2 is 2.24 bits per heavy atom. The SMILES string of the molecule is Nc1cnc2c(c1)C[C@@]1(CN3CCC1CC3)O2. The fourth-order valence-electron chi connectivity index (χ4n) is 3.73. The van der Waals surface area contributed by atoms with Crippen molar-refractivity contribution in [3.8, 4) is 5.88 Å². The van der Waals surface area contributed by atoms with Crippen LogP contribution in [-0.2, 0) is 6.42 Å². The number of pyridine rings is 1. The molecule has 0 radical (unpaired) electrons. The lowest BCUT2D eigenvalue weighted by atomic mass is 9.73. The van der Waals surface area contributed by atoms with Gasteiger partial charge in [-0.3, -0.25) is 4.90 Å². The number of ether oxygens (including phenoxy) is 1. The minimum absolute atomic E-state index is 0.000370. The van der Waals surface area contributed by atoms with Crippen molar-refractivity contribution < 1.29 is 4.74 Å². The topological polar surface area (TPSA) is 51.4 Å². The molecule has 0 aliphatic carbocycles. The highest BCUT2D eigenvalue weighted by atomic mass is 16.5. The maximum absolute atomic E-state index is 6.22. The van der Waals surface area contributed by atoms with E-state index in [1.807, 2.05) is 6.07 Å². The first-order chi connectivity index (χ1) is 8.25. The Balaban J connectivity index is 1.71. The molecule has 1 atom stereocenters. The average Bonchev–Trinajstić information content (AvgIpc) is 2.67. The van der Waals surface area contributed by atoms with Crippen molar-refractivity contribution >= 4 is 5.69 Å². The molecule has 17 heavy (non-hydrogen) atoms. The minimum Gasteiger partial charge on any atom is -0.469 e. The van der Waals surface area contributed by atoms with Crippen LogP contribution >= 0.6 is 0 Å². The molecule has 0 unspecified atom stereocenters. The van der Waals surface area contributed by atoms with Crippen LogP contribution in [0.25, 0.3) is 0 Å². The molecule has 1 aromatic heterocycles. The molecule has 3 saturated heterocycles. The Morgan fingerprint density at radius 3 is 2.94 bits per heavy atom. The number of anilines is 1. The van der Waals surface area contributed by atoms with Crippen molar-refractivity contribution in [3.63, 3.8) is 0 Å². The Hall–Kier alpha value is -1.29. The summed E-state index contributed by atoms with van der Waals surface area (Å²) in [4.78, 5) is 6.85. The lowest BCUT2D eigenvalue weighted by Crippen LogP contribution is -2.61. The van der Waals surface area contributed by atoms with Crippen molar-refractivity contribution in [3.05, 3.63) is 17.8 Å². The van der Waals surface area contributed by atoms with E-state index in [-0.39, 0.29) is 5.60 Å². The standard InChI is InChI=1S/C13H17N3O/c14-11-5-9-6-13(17-12(9)15-7-11)8-16-3-1-10(13)2-4-16/h5,7,10H,1-4,6,8,14H2/t13-/m0/s1. The summed E-state index contributed by atoms with van der Waals surface area (Å²) < 4.78 is 6.22. The number of fused-ring (bicyclic) bond motifs is 3. The molecule has 2 N–H and O–H groups in total. The van der Waals surface area contributed by atoms with E-state index < -0.39 is 0 Å². The predicted octanol–water partition coefficient (Wildman–Crippen LogP) is 1.06. The number of nitrogen functional groups attached to an aromatic ring is 1. The maximum Gasteiger partial charge on any atom is 0.217 e. The van der Waals surface area contributed by atoms with Crippen molar-refractivity contribution in [1.82, 2.24) is 9.88 Å². The van der Waals surface area contributed by atoms with Crippen LogP contribution in [0.2, 0.25) is 0 Å². The Kier molecular flexibility index (Phi) is 1.79. The summed E-state index contributed by atoms with van der Waals surface area (Å²) >= 11 is 0. The van der Waals surface area contributed by atoms with Gasteiger partial charge in [-0.2, -0.15) is 0 Å². The molecule has 5 heterocycles. The van der Waals surface area contributed by atoms with E-state index in [9.17, 15) is 0 Å². The van der Waals surface area contributed by atoms with Crippen LogP contribution in [0.5, 0.6) is 5.88 Å². The van der Waals surface area contributed by atoms with Crippen LogP contribution in [0, 0.1) is 5.92 Å². The molecule has 1 aromatic rings. The lowest BCUT2D eigenvalue weighted by molar-refractivity contribution is -0.0814. The normalized spacial score (nSPS) is 38.1. The van der Waals surface area contributed by atoms with Crippen molar-refractivity contribution in [1.29, 1.82) is 0 Å². The maximum atomic E-state index is 6.22. The fraction of sp³-hybridized carbons (Fsp3) is 0.615. The minimum atomic E-state index is -0.000370. The van der Waals surface area contributed by atoms with E-state index in [0.717, 1.165) is 24.5 Å². The molecule has 1 spiro atoms. The lowest BCUT2D eigenvalue weighted by Gasteiger charge is -2.50. The fourth-order valence-corrected chi connectivity index (χ4v) is 3.73. The van der Waals surface area contributed by atoms with Gasteiger partial charge in [-0.15, -0.1) is 0 Å². The first kappa shape index (κ1) is 9.71. The molecule has 90 valence electrons. The molecule has 4 aliphatic heterocycles. The number of nitrogens with zero attached hydrogens (tertiary/aromatic N) is 2. The van der Waals surface area contributed by atoms with E-state index in [0.29, 0.717) is 5.92 Å². The van der Waals surface area contributed by atoms with Crippen molar-refractivity contribution in [2.24, 2.45) is 5.92 Å². The second-order valence-corrected chi connectivity index (χ2v) is 5.63. The van der Waals surface area contributed by atoms with Crippen molar-refractivity contribution in [2.75, 3.05) is 25.4 Å². The molecular formula is C13H17N3O. The van der Waals surface area contributed by atoms with Crippen LogP contribution in [-0.4, -0.2) is 35.1 Å². The third-order valence-electron chi connectivity index (χ3n) is 4.56. The van der Waals surface area contributed by atoms with Gasteiger partial charge in [0.05, 0.1) is 11.9 Å². The van der Waals surface area contributed by atoms with Crippen LogP contribution in [0.4, 0.5) is 5.69 Å². The highest BCUT2D eigenvalue weighted by molar-refractivity contribution is 5.45. The van der Waals surface area contributed by atoms with E-state index >= 15 is 0 Å². The first-order valence-electron chi connectivity index (χ1n) is 6.41. The molecule has 4 heteroatoms.